The van der Waals surface area contributed by atoms with Crippen LogP contribution in [0, 0.1) is 20.8 Å². The highest BCUT2D eigenvalue weighted by Crippen LogP contribution is 2.24. The third kappa shape index (κ3) is 3.47. The summed E-state index contributed by atoms with van der Waals surface area (Å²) in [6.45, 7) is 5.92. The van der Waals surface area contributed by atoms with Crippen molar-refractivity contribution < 1.29 is 4.79 Å². The number of hydrogen-bond donors (Lipinski definition) is 1. The van der Waals surface area contributed by atoms with Crippen molar-refractivity contribution in [2.45, 2.75) is 20.8 Å². The summed E-state index contributed by atoms with van der Waals surface area (Å²) >= 11 is 0. The number of benzene rings is 2. The number of aryl methyl sites for hydroxylation is 2. The third-order valence-corrected chi connectivity index (χ3v) is 4.45. The Labute approximate surface area is 154 Å². The standard InChI is InChI=1S/C21H24N4O/c1-14-6-10-19(11-7-14)25-16(3)20(15(2)23-25)22-21(26)17-8-12-18(13-9-17)24(4)5/h6-13H,1-5H3,(H,22,26). The first-order chi connectivity index (χ1) is 12.4. The predicted molar refractivity (Wildman–Crippen MR) is 106 cm³/mol. The Morgan fingerprint density at radius 2 is 1.58 bits per heavy atom. The van der Waals surface area contributed by atoms with E-state index in [4.69, 9.17) is 0 Å². The molecule has 0 unspecified atom stereocenters. The van der Waals surface area contributed by atoms with Crippen LogP contribution in [-0.4, -0.2) is 29.8 Å². The van der Waals surface area contributed by atoms with E-state index in [0.29, 0.717) is 5.56 Å². The molecule has 0 radical (unpaired) electrons. The van der Waals surface area contributed by atoms with Crippen LogP contribution in [0.15, 0.2) is 48.5 Å². The van der Waals surface area contributed by atoms with E-state index in [1.54, 1.807) is 0 Å². The monoisotopic (exact) mass is 348 g/mol. The van der Waals surface area contributed by atoms with Gasteiger partial charge < -0.3 is 10.2 Å². The normalized spacial score (nSPS) is 10.7. The molecule has 1 amide bonds. The van der Waals surface area contributed by atoms with Gasteiger partial charge in [0.05, 0.1) is 22.8 Å². The molecule has 0 saturated carbocycles. The van der Waals surface area contributed by atoms with Crippen LogP contribution in [0.4, 0.5) is 11.4 Å². The van der Waals surface area contributed by atoms with Crippen molar-refractivity contribution in [3.63, 3.8) is 0 Å². The van der Waals surface area contributed by atoms with Gasteiger partial charge in [0.2, 0.25) is 0 Å². The number of nitrogens with one attached hydrogen (secondary N) is 1. The molecule has 0 aliphatic heterocycles. The quantitative estimate of drug-likeness (QED) is 0.772. The van der Waals surface area contributed by atoms with Gasteiger partial charge in [-0.05, 0) is 57.2 Å². The molecule has 0 bridgehead atoms. The summed E-state index contributed by atoms with van der Waals surface area (Å²) in [4.78, 5) is 14.6. The smallest absolute Gasteiger partial charge is 0.255 e. The molecular weight excluding hydrogens is 324 g/mol. The molecule has 0 saturated heterocycles. The highest BCUT2D eigenvalue weighted by Gasteiger charge is 2.16. The number of carbonyl (C=O) groups excluding carboxylic acids is 1. The van der Waals surface area contributed by atoms with E-state index in [1.165, 1.54) is 5.56 Å². The molecule has 0 spiro atoms. The van der Waals surface area contributed by atoms with Gasteiger partial charge in [0, 0.05) is 25.3 Å². The summed E-state index contributed by atoms with van der Waals surface area (Å²) in [5.74, 6) is -0.134. The lowest BCUT2D eigenvalue weighted by Gasteiger charge is -2.12. The Balaban J connectivity index is 1.85. The predicted octanol–water partition coefficient (Wildman–Crippen LogP) is 4.12. The minimum atomic E-state index is -0.134. The van der Waals surface area contributed by atoms with Crippen LogP contribution >= 0.6 is 0 Å². The Morgan fingerprint density at radius 3 is 2.15 bits per heavy atom. The molecule has 0 aliphatic carbocycles. The average molecular weight is 348 g/mol. The molecule has 0 aliphatic rings. The molecule has 5 nitrogen and oxygen atoms in total. The SMILES string of the molecule is Cc1ccc(-n2nc(C)c(NC(=O)c3ccc(N(C)C)cc3)c2C)cc1. The van der Waals surface area contributed by atoms with Crippen molar-refractivity contribution in [3.8, 4) is 5.69 Å². The third-order valence-electron chi connectivity index (χ3n) is 4.45. The lowest BCUT2D eigenvalue weighted by Crippen LogP contribution is -2.14. The van der Waals surface area contributed by atoms with Gasteiger partial charge in [-0.2, -0.15) is 5.10 Å². The van der Waals surface area contributed by atoms with Gasteiger partial charge in [0.25, 0.3) is 5.91 Å². The van der Waals surface area contributed by atoms with Gasteiger partial charge >= 0.3 is 0 Å². The zero-order chi connectivity index (χ0) is 18.8. The fourth-order valence-electron chi connectivity index (χ4n) is 2.86. The summed E-state index contributed by atoms with van der Waals surface area (Å²) in [5.41, 5.74) is 6.31. The molecule has 1 aromatic heterocycles. The Hall–Kier alpha value is -3.08. The summed E-state index contributed by atoms with van der Waals surface area (Å²) in [6.07, 6.45) is 0. The summed E-state index contributed by atoms with van der Waals surface area (Å²) < 4.78 is 1.86. The van der Waals surface area contributed by atoms with Crippen LogP contribution in [0.3, 0.4) is 0 Å². The van der Waals surface area contributed by atoms with Gasteiger partial charge in [0.1, 0.15) is 0 Å². The van der Waals surface area contributed by atoms with Crippen LogP contribution in [-0.2, 0) is 0 Å². The Bertz CT molecular complexity index is 922. The highest BCUT2D eigenvalue weighted by molar-refractivity contribution is 6.05. The van der Waals surface area contributed by atoms with Gasteiger partial charge in [-0.1, -0.05) is 17.7 Å². The van der Waals surface area contributed by atoms with Gasteiger partial charge in [-0.3, -0.25) is 4.79 Å². The van der Waals surface area contributed by atoms with E-state index in [9.17, 15) is 4.79 Å². The maximum atomic E-state index is 12.6. The lowest BCUT2D eigenvalue weighted by atomic mass is 10.1. The van der Waals surface area contributed by atoms with Crippen LogP contribution in [0.5, 0.6) is 0 Å². The molecule has 1 N–H and O–H groups in total. The number of hydrogen-bond acceptors (Lipinski definition) is 3. The lowest BCUT2D eigenvalue weighted by molar-refractivity contribution is 0.102. The second-order valence-electron chi connectivity index (χ2n) is 6.69. The molecule has 3 rings (SSSR count). The number of carbonyl (C=O) groups is 1. The van der Waals surface area contributed by atoms with E-state index >= 15 is 0 Å². The molecule has 0 atom stereocenters. The number of nitrogens with zero attached hydrogens (tertiary/aromatic N) is 3. The summed E-state index contributed by atoms with van der Waals surface area (Å²) in [5, 5.41) is 7.60. The molecule has 26 heavy (non-hydrogen) atoms. The highest BCUT2D eigenvalue weighted by atomic mass is 16.1. The van der Waals surface area contributed by atoms with E-state index < -0.39 is 0 Å². The van der Waals surface area contributed by atoms with Crippen LogP contribution in [0.1, 0.15) is 27.3 Å². The number of rotatable bonds is 4. The Kier molecular flexibility index (Phi) is 4.80. The first-order valence-corrected chi connectivity index (χ1v) is 8.59. The molecule has 5 heteroatoms. The van der Waals surface area contributed by atoms with Crippen LogP contribution < -0.4 is 10.2 Å². The van der Waals surface area contributed by atoms with E-state index in [1.807, 2.05) is 73.9 Å². The minimum absolute atomic E-state index is 0.134. The molecule has 134 valence electrons. The average Bonchev–Trinajstić information content (AvgIpc) is 2.90. The zero-order valence-electron chi connectivity index (χ0n) is 15.9. The zero-order valence-corrected chi connectivity index (χ0v) is 15.9. The van der Waals surface area contributed by atoms with Crippen LogP contribution in [0.25, 0.3) is 5.69 Å². The van der Waals surface area contributed by atoms with Crippen molar-refractivity contribution in [2.75, 3.05) is 24.3 Å². The van der Waals surface area contributed by atoms with Gasteiger partial charge in [-0.25, -0.2) is 4.68 Å². The fraction of sp³-hybridized carbons (Fsp3) is 0.238. The number of anilines is 2. The first kappa shape index (κ1) is 17.7. The van der Waals surface area contributed by atoms with Crippen molar-refractivity contribution in [2.24, 2.45) is 0 Å². The first-order valence-electron chi connectivity index (χ1n) is 8.59. The molecule has 2 aromatic carbocycles. The summed E-state index contributed by atoms with van der Waals surface area (Å²) in [7, 11) is 3.95. The van der Waals surface area contributed by atoms with E-state index in [-0.39, 0.29) is 5.91 Å². The number of amides is 1. The minimum Gasteiger partial charge on any atom is -0.378 e. The van der Waals surface area contributed by atoms with Crippen molar-refractivity contribution in [1.82, 2.24) is 9.78 Å². The van der Waals surface area contributed by atoms with Crippen molar-refractivity contribution >= 4 is 17.3 Å². The van der Waals surface area contributed by atoms with E-state index in [2.05, 4.69) is 29.5 Å². The second-order valence-corrected chi connectivity index (χ2v) is 6.69. The van der Waals surface area contributed by atoms with Crippen molar-refractivity contribution in [1.29, 1.82) is 0 Å². The van der Waals surface area contributed by atoms with Crippen molar-refractivity contribution in [3.05, 3.63) is 71.0 Å². The maximum absolute atomic E-state index is 12.6. The topological polar surface area (TPSA) is 50.2 Å². The Morgan fingerprint density at radius 1 is 0.962 bits per heavy atom. The largest absolute Gasteiger partial charge is 0.378 e. The molecule has 3 aromatic rings. The maximum Gasteiger partial charge on any atom is 0.255 e. The molecular formula is C21H24N4O. The second kappa shape index (κ2) is 7.04. The molecule has 0 fully saturated rings. The van der Waals surface area contributed by atoms with Gasteiger partial charge in [-0.15, -0.1) is 0 Å². The van der Waals surface area contributed by atoms with E-state index in [0.717, 1.165) is 28.5 Å². The number of aromatic nitrogens is 2. The van der Waals surface area contributed by atoms with Crippen LogP contribution in [0.2, 0.25) is 0 Å². The molecule has 1 heterocycles. The summed E-state index contributed by atoms with van der Waals surface area (Å²) in [6, 6.07) is 15.7. The fourth-order valence-corrected chi connectivity index (χ4v) is 2.86. The van der Waals surface area contributed by atoms with Gasteiger partial charge in [0.15, 0.2) is 0 Å².